The van der Waals surface area contributed by atoms with Gasteiger partial charge in [-0.1, -0.05) is 5.21 Å². The summed E-state index contributed by atoms with van der Waals surface area (Å²) in [6.07, 6.45) is 9.38. The number of piperidine rings is 1. The normalized spacial score (nSPS) is 16.8. The Morgan fingerprint density at radius 2 is 2.03 bits per heavy atom. The van der Waals surface area contributed by atoms with Crippen LogP contribution >= 0.6 is 0 Å². The van der Waals surface area contributed by atoms with E-state index in [-0.39, 0.29) is 24.4 Å². The topological polar surface area (TPSA) is 89.2 Å². The lowest BCUT2D eigenvalue weighted by Gasteiger charge is -2.35. The van der Waals surface area contributed by atoms with Crippen LogP contribution in [0.15, 0.2) is 18.6 Å². The van der Waals surface area contributed by atoms with E-state index in [1.807, 2.05) is 31.9 Å². The highest BCUT2D eigenvalue weighted by Crippen LogP contribution is 2.22. The van der Waals surface area contributed by atoms with Crippen molar-refractivity contribution in [2.24, 2.45) is 0 Å². The van der Waals surface area contributed by atoms with Gasteiger partial charge in [0.15, 0.2) is 5.69 Å². The number of aromatic nitrogens is 5. The minimum atomic E-state index is -0.0985. The van der Waals surface area contributed by atoms with Gasteiger partial charge >= 0.3 is 0 Å². The Balaban J connectivity index is 1.64. The zero-order valence-corrected chi connectivity index (χ0v) is 17.6. The lowest BCUT2D eigenvalue weighted by atomic mass is 9.99. The number of aryl methyl sites for hydroxylation is 2. The maximum atomic E-state index is 13.1. The van der Waals surface area contributed by atoms with E-state index in [1.54, 1.807) is 17.3 Å². The number of amides is 2. The van der Waals surface area contributed by atoms with Crippen LogP contribution in [0.1, 0.15) is 55.8 Å². The molecule has 0 radical (unpaired) electrons. The predicted octanol–water partition coefficient (Wildman–Crippen LogP) is 1.74. The van der Waals surface area contributed by atoms with Crippen LogP contribution in [-0.4, -0.2) is 71.8 Å². The molecule has 3 heterocycles. The van der Waals surface area contributed by atoms with E-state index in [1.165, 1.54) is 4.68 Å². The van der Waals surface area contributed by atoms with Gasteiger partial charge in [-0.3, -0.25) is 9.59 Å². The molecule has 0 aliphatic carbocycles. The second-order valence-electron chi connectivity index (χ2n) is 7.47. The summed E-state index contributed by atoms with van der Waals surface area (Å²) < 4.78 is 3.58. The van der Waals surface area contributed by atoms with Crippen LogP contribution in [0.25, 0.3) is 0 Å². The van der Waals surface area contributed by atoms with Gasteiger partial charge in [-0.15, -0.1) is 5.10 Å². The molecule has 2 aromatic heterocycles. The maximum Gasteiger partial charge on any atom is 0.276 e. The van der Waals surface area contributed by atoms with Crippen LogP contribution in [0.4, 0.5) is 0 Å². The highest BCUT2D eigenvalue weighted by atomic mass is 16.2. The Hall–Kier alpha value is -2.71. The van der Waals surface area contributed by atoms with E-state index in [0.29, 0.717) is 18.8 Å². The van der Waals surface area contributed by atoms with E-state index >= 15 is 0 Å². The van der Waals surface area contributed by atoms with Crippen LogP contribution in [0.5, 0.6) is 0 Å². The molecular weight excluding hydrogens is 370 g/mol. The molecular formula is C20H31N7O2. The molecule has 9 heteroatoms. The van der Waals surface area contributed by atoms with Crippen molar-refractivity contribution in [1.82, 2.24) is 34.3 Å². The van der Waals surface area contributed by atoms with Crippen LogP contribution in [0.2, 0.25) is 0 Å². The van der Waals surface area contributed by atoms with Gasteiger partial charge in [0, 0.05) is 44.6 Å². The van der Waals surface area contributed by atoms with Gasteiger partial charge in [0.1, 0.15) is 12.4 Å². The summed E-state index contributed by atoms with van der Waals surface area (Å²) in [4.78, 5) is 33.3. The molecule has 0 unspecified atom stereocenters. The lowest BCUT2D eigenvalue weighted by Crippen LogP contribution is -2.44. The number of nitrogens with zero attached hydrogens (tertiary/aromatic N) is 7. The first-order valence-corrected chi connectivity index (χ1v) is 10.5. The van der Waals surface area contributed by atoms with Crippen molar-refractivity contribution in [2.75, 3.05) is 19.6 Å². The highest BCUT2D eigenvalue weighted by Gasteiger charge is 2.29. The molecule has 1 aliphatic heterocycles. The average molecular weight is 402 g/mol. The molecule has 3 rings (SSSR count). The van der Waals surface area contributed by atoms with Gasteiger partial charge in [-0.2, -0.15) is 0 Å². The zero-order valence-electron chi connectivity index (χ0n) is 17.6. The third-order valence-electron chi connectivity index (χ3n) is 5.69. The predicted molar refractivity (Wildman–Crippen MR) is 108 cm³/mol. The van der Waals surface area contributed by atoms with Crippen LogP contribution in [-0.2, 0) is 17.9 Å². The fourth-order valence-electron chi connectivity index (χ4n) is 3.93. The van der Waals surface area contributed by atoms with Crippen LogP contribution < -0.4 is 0 Å². The van der Waals surface area contributed by atoms with Gasteiger partial charge in [-0.05, 0) is 46.5 Å². The summed E-state index contributed by atoms with van der Waals surface area (Å²) in [5.74, 6) is 0.864. The number of imidazole rings is 1. The SMILES string of the molecule is CCN(CC)C(=O)Cn1cc(C(=O)N2CCCC[C@H]2CCn2ccnc2C)nn1. The molecule has 158 valence electrons. The second kappa shape index (κ2) is 9.67. The molecule has 1 saturated heterocycles. The van der Waals surface area contributed by atoms with Gasteiger partial charge in [0.2, 0.25) is 5.91 Å². The molecule has 1 atom stereocenters. The second-order valence-corrected chi connectivity index (χ2v) is 7.47. The molecule has 0 bridgehead atoms. The minimum Gasteiger partial charge on any atom is -0.342 e. The van der Waals surface area contributed by atoms with Crippen molar-refractivity contribution in [2.45, 2.75) is 65.6 Å². The summed E-state index contributed by atoms with van der Waals surface area (Å²) in [5.41, 5.74) is 0.308. The molecule has 0 spiro atoms. The van der Waals surface area contributed by atoms with Crippen molar-refractivity contribution in [3.8, 4) is 0 Å². The molecule has 0 N–H and O–H groups in total. The molecule has 29 heavy (non-hydrogen) atoms. The third-order valence-corrected chi connectivity index (χ3v) is 5.69. The summed E-state index contributed by atoms with van der Waals surface area (Å²) in [5, 5.41) is 8.06. The first-order valence-electron chi connectivity index (χ1n) is 10.5. The Labute approximate surface area is 171 Å². The average Bonchev–Trinajstić information content (AvgIpc) is 3.36. The number of likely N-dealkylation sites (N-methyl/N-ethyl adjacent to an activating group) is 1. The van der Waals surface area contributed by atoms with Crippen molar-refractivity contribution in [3.63, 3.8) is 0 Å². The van der Waals surface area contributed by atoms with Gasteiger partial charge in [-0.25, -0.2) is 9.67 Å². The number of rotatable bonds is 8. The zero-order chi connectivity index (χ0) is 20.8. The molecule has 0 saturated carbocycles. The maximum absolute atomic E-state index is 13.1. The number of carbonyl (C=O) groups excluding carboxylic acids is 2. The fraction of sp³-hybridized carbons (Fsp3) is 0.650. The first kappa shape index (κ1) is 21.0. The van der Waals surface area contributed by atoms with E-state index < -0.39 is 0 Å². The number of likely N-dealkylation sites (tertiary alicyclic amines) is 1. The van der Waals surface area contributed by atoms with Crippen molar-refractivity contribution in [1.29, 1.82) is 0 Å². The summed E-state index contributed by atoms with van der Waals surface area (Å²) in [6, 6.07) is 0.181. The van der Waals surface area contributed by atoms with Gasteiger partial charge in [0.25, 0.3) is 5.91 Å². The Morgan fingerprint density at radius 1 is 1.24 bits per heavy atom. The monoisotopic (exact) mass is 401 g/mol. The molecule has 1 fully saturated rings. The lowest BCUT2D eigenvalue weighted by molar-refractivity contribution is -0.131. The molecule has 9 nitrogen and oxygen atoms in total. The molecule has 1 aliphatic rings. The Kier molecular flexibility index (Phi) is 7.00. The van der Waals surface area contributed by atoms with Crippen molar-refractivity contribution < 1.29 is 9.59 Å². The van der Waals surface area contributed by atoms with Crippen LogP contribution in [0, 0.1) is 6.92 Å². The third kappa shape index (κ3) is 5.02. The van der Waals surface area contributed by atoms with E-state index in [2.05, 4.69) is 19.9 Å². The summed E-state index contributed by atoms with van der Waals surface area (Å²) >= 11 is 0. The van der Waals surface area contributed by atoms with Gasteiger partial charge in [0.05, 0.1) is 6.20 Å². The largest absolute Gasteiger partial charge is 0.342 e. The van der Waals surface area contributed by atoms with E-state index in [0.717, 1.165) is 44.6 Å². The smallest absolute Gasteiger partial charge is 0.276 e. The van der Waals surface area contributed by atoms with Crippen molar-refractivity contribution in [3.05, 3.63) is 30.1 Å². The fourth-order valence-corrected chi connectivity index (χ4v) is 3.93. The molecule has 0 aromatic carbocycles. The Bertz CT molecular complexity index is 824. The van der Waals surface area contributed by atoms with Gasteiger partial charge < -0.3 is 14.4 Å². The number of hydrogen-bond donors (Lipinski definition) is 0. The van der Waals surface area contributed by atoms with E-state index in [9.17, 15) is 9.59 Å². The number of hydrogen-bond acceptors (Lipinski definition) is 5. The summed E-state index contributed by atoms with van der Waals surface area (Å²) in [6.45, 7) is 8.86. The molecule has 2 aromatic rings. The minimum absolute atomic E-state index is 0.0227. The van der Waals surface area contributed by atoms with E-state index in [4.69, 9.17) is 0 Å². The number of carbonyl (C=O) groups is 2. The standard InChI is InChI=1S/C20H31N7O2/c1-4-24(5-2)19(28)15-26-14-18(22-23-26)20(29)27-11-7-6-8-17(27)9-12-25-13-10-21-16(25)3/h10,13-14,17H,4-9,11-12,15H2,1-3H3/t17-/m0/s1. The first-order chi connectivity index (χ1) is 14.0. The van der Waals surface area contributed by atoms with Crippen molar-refractivity contribution >= 4 is 11.8 Å². The Morgan fingerprint density at radius 3 is 2.72 bits per heavy atom. The molecule has 2 amide bonds. The van der Waals surface area contributed by atoms with Crippen LogP contribution in [0.3, 0.4) is 0 Å². The summed E-state index contributed by atoms with van der Waals surface area (Å²) in [7, 11) is 0. The quantitative estimate of drug-likeness (QED) is 0.672. The highest BCUT2D eigenvalue weighted by molar-refractivity contribution is 5.92.